The van der Waals surface area contributed by atoms with Crippen LogP contribution in [0.1, 0.15) is 23.7 Å². The van der Waals surface area contributed by atoms with Crippen molar-refractivity contribution in [2.45, 2.75) is 19.4 Å². The Morgan fingerprint density at radius 3 is 2.66 bits per heavy atom. The minimum absolute atomic E-state index is 0.182. The number of guanidine groups is 1. The summed E-state index contributed by atoms with van der Waals surface area (Å²) < 4.78 is 0. The number of hydrogen-bond donors (Lipinski definition) is 3. The van der Waals surface area contributed by atoms with E-state index in [1.807, 2.05) is 13.0 Å². The Bertz CT molecular complexity index is 827. The third-order valence-electron chi connectivity index (χ3n) is 4.78. The Morgan fingerprint density at radius 1 is 1.14 bits per heavy atom. The number of carbonyl (C=O) groups excluding carboxylic acids is 1. The highest BCUT2D eigenvalue weighted by atomic mass is 35.5. The molecule has 6 nitrogen and oxygen atoms in total. The van der Waals surface area contributed by atoms with Gasteiger partial charge in [-0.2, -0.15) is 0 Å². The Kier molecular flexibility index (Phi) is 7.76. The van der Waals surface area contributed by atoms with E-state index < -0.39 is 0 Å². The first-order valence-corrected chi connectivity index (χ1v) is 10.4. The van der Waals surface area contributed by atoms with Gasteiger partial charge in [-0.15, -0.1) is 0 Å². The molecule has 0 bridgehead atoms. The summed E-state index contributed by atoms with van der Waals surface area (Å²) in [6.07, 6.45) is 1.06. The standard InChI is InChI=1S/C22H28ClN5O/c1-2-24-22(26-14-13-25-21(29)19-10-6-7-11-20(19)23)27-17-12-15-28(16-17)18-8-4-3-5-9-18/h3-11,17H,2,12-16H2,1H3,(H,25,29)(H2,24,26,27). The van der Waals surface area contributed by atoms with Crippen molar-refractivity contribution < 1.29 is 4.79 Å². The van der Waals surface area contributed by atoms with Crippen molar-refractivity contribution >= 4 is 29.2 Å². The maximum Gasteiger partial charge on any atom is 0.252 e. The molecule has 1 atom stereocenters. The SMILES string of the molecule is CCNC(=NCCNC(=O)c1ccccc1Cl)NC1CCN(c2ccccc2)C1. The third-order valence-corrected chi connectivity index (χ3v) is 5.11. The zero-order valence-corrected chi connectivity index (χ0v) is 17.5. The van der Waals surface area contributed by atoms with Gasteiger partial charge in [-0.1, -0.05) is 41.9 Å². The molecule has 154 valence electrons. The van der Waals surface area contributed by atoms with E-state index in [0.717, 1.165) is 32.0 Å². The van der Waals surface area contributed by atoms with E-state index in [2.05, 4.69) is 50.1 Å². The Labute approximate surface area is 177 Å². The largest absolute Gasteiger partial charge is 0.369 e. The summed E-state index contributed by atoms with van der Waals surface area (Å²) >= 11 is 6.06. The van der Waals surface area contributed by atoms with Crippen molar-refractivity contribution in [2.75, 3.05) is 37.6 Å². The van der Waals surface area contributed by atoms with Gasteiger partial charge in [-0.25, -0.2) is 0 Å². The van der Waals surface area contributed by atoms with Gasteiger partial charge in [0, 0.05) is 37.9 Å². The first kappa shape index (κ1) is 21.0. The molecule has 2 aromatic rings. The zero-order chi connectivity index (χ0) is 20.5. The molecule has 0 radical (unpaired) electrons. The summed E-state index contributed by atoms with van der Waals surface area (Å²) in [4.78, 5) is 19.2. The smallest absolute Gasteiger partial charge is 0.252 e. The van der Waals surface area contributed by atoms with Crippen LogP contribution in [-0.4, -0.2) is 50.6 Å². The number of nitrogens with zero attached hydrogens (tertiary/aromatic N) is 2. The number of hydrogen-bond acceptors (Lipinski definition) is 3. The van der Waals surface area contributed by atoms with E-state index >= 15 is 0 Å². The predicted octanol–water partition coefficient (Wildman–Crippen LogP) is 2.90. The van der Waals surface area contributed by atoms with Gasteiger partial charge in [0.25, 0.3) is 5.91 Å². The molecule has 0 spiro atoms. The molecule has 0 aromatic heterocycles. The molecule has 3 rings (SSSR count). The van der Waals surface area contributed by atoms with Crippen LogP contribution in [0.3, 0.4) is 0 Å². The number of aliphatic imine (C=N–C) groups is 1. The van der Waals surface area contributed by atoms with Crippen molar-refractivity contribution in [3.63, 3.8) is 0 Å². The van der Waals surface area contributed by atoms with Crippen LogP contribution in [0, 0.1) is 0 Å². The molecule has 1 aliphatic rings. The zero-order valence-electron chi connectivity index (χ0n) is 16.7. The maximum atomic E-state index is 12.2. The molecule has 3 N–H and O–H groups in total. The highest BCUT2D eigenvalue weighted by Crippen LogP contribution is 2.19. The summed E-state index contributed by atoms with van der Waals surface area (Å²) in [6.45, 7) is 5.73. The van der Waals surface area contributed by atoms with Gasteiger partial charge in [-0.3, -0.25) is 9.79 Å². The van der Waals surface area contributed by atoms with Gasteiger partial charge < -0.3 is 20.9 Å². The minimum atomic E-state index is -0.182. The quantitative estimate of drug-likeness (QED) is 0.371. The normalized spacial score (nSPS) is 16.6. The molecule has 1 fully saturated rings. The van der Waals surface area contributed by atoms with E-state index in [1.54, 1.807) is 24.3 Å². The summed E-state index contributed by atoms with van der Waals surface area (Å²) in [5, 5.41) is 10.1. The van der Waals surface area contributed by atoms with Crippen LogP contribution >= 0.6 is 11.6 Å². The van der Waals surface area contributed by atoms with Crippen LogP contribution < -0.4 is 20.9 Å². The lowest BCUT2D eigenvalue weighted by Gasteiger charge is -2.20. The highest BCUT2D eigenvalue weighted by Gasteiger charge is 2.23. The number of rotatable bonds is 7. The first-order chi connectivity index (χ1) is 14.2. The molecule has 1 saturated heterocycles. The highest BCUT2D eigenvalue weighted by molar-refractivity contribution is 6.33. The van der Waals surface area contributed by atoms with E-state index in [4.69, 9.17) is 11.6 Å². The van der Waals surface area contributed by atoms with E-state index in [0.29, 0.717) is 29.7 Å². The van der Waals surface area contributed by atoms with Gasteiger partial charge in [0.1, 0.15) is 0 Å². The van der Waals surface area contributed by atoms with Crippen LogP contribution in [0.4, 0.5) is 5.69 Å². The summed E-state index contributed by atoms with van der Waals surface area (Å²) in [5.41, 5.74) is 1.73. The van der Waals surface area contributed by atoms with Gasteiger partial charge in [-0.05, 0) is 37.6 Å². The molecule has 1 aliphatic heterocycles. The summed E-state index contributed by atoms with van der Waals surface area (Å²) in [7, 11) is 0. The number of benzene rings is 2. The van der Waals surface area contributed by atoms with E-state index in [-0.39, 0.29) is 5.91 Å². The molecule has 2 aromatic carbocycles. The second kappa shape index (κ2) is 10.7. The fourth-order valence-electron chi connectivity index (χ4n) is 3.34. The van der Waals surface area contributed by atoms with Crippen LogP contribution in [-0.2, 0) is 0 Å². The minimum Gasteiger partial charge on any atom is -0.369 e. The van der Waals surface area contributed by atoms with Gasteiger partial charge in [0.2, 0.25) is 0 Å². The van der Waals surface area contributed by atoms with Crippen LogP contribution in [0.2, 0.25) is 5.02 Å². The molecule has 0 aliphatic carbocycles. The van der Waals surface area contributed by atoms with Crippen molar-refractivity contribution in [1.82, 2.24) is 16.0 Å². The number of nitrogens with one attached hydrogen (secondary N) is 3. The van der Waals surface area contributed by atoms with E-state index in [9.17, 15) is 4.79 Å². The number of amides is 1. The van der Waals surface area contributed by atoms with Crippen molar-refractivity contribution in [3.8, 4) is 0 Å². The third kappa shape index (κ3) is 6.12. The average Bonchev–Trinajstić information content (AvgIpc) is 3.20. The Morgan fingerprint density at radius 2 is 1.90 bits per heavy atom. The molecule has 7 heteroatoms. The molecule has 0 saturated carbocycles. The molecular weight excluding hydrogens is 386 g/mol. The van der Waals surface area contributed by atoms with Crippen LogP contribution in [0.5, 0.6) is 0 Å². The molecular formula is C22H28ClN5O. The number of halogens is 1. The lowest BCUT2D eigenvalue weighted by atomic mass is 10.2. The Balaban J connectivity index is 1.47. The van der Waals surface area contributed by atoms with Crippen LogP contribution in [0.25, 0.3) is 0 Å². The number of para-hydroxylation sites is 1. The van der Waals surface area contributed by atoms with E-state index in [1.165, 1.54) is 5.69 Å². The summed E-state index contributed by atoms with van der Waals surface area (Å²) in [6, 6.07) is 17.8. The number of carbonyl (C=O) groups is 1. The van der Waals surface area contributed by atoms with Crippen LogP contribution in [0.15, 0.2) is 59.6 Å². The molecule has 1 amide bonds. The lowest BCUT2D eigenvalue weighted by Crippen LogP contribution is -2.45. The molecule has 29 heavy (non-hydrogen) atoms. The van der Waals surface area contributed by atoms with Gasteiger partial charge >= 0.3 is 0 Å². The monoisotopic (exact) mass is 413 g/mol. The first-order valence-electron chi connectivity index (χ1n) is 10.0. The lowest BCUT2D eigenvalue weighted by molar-refractivity contribution is 0.0955. The fraction of sp³-hybridized carbons (Fsp3) is 0.364. The van der Waals surface area contributed by atoms with Gasteiger partial charge in [0.15, 0.2) is 5.96 Å². The molecule has 1 unspecified atom stereocenters. The average molecular weight is 414 g/mol. The second-order valence-corrected chi connectivity index (χ2v) is 7.32. The molecule has 1 heterocycles. The topological polar surface area (TPSA) is 68.8 Å². The Hall–Kier alpha value is -2.73. The van der Waals surface area contributed by atoms with Crippen molar-refractivity contribution in [2.24, 2.45) is 4.99 Å². The maximum absolute atomic E-state index is 12.2. The summed E-state index contributed by atoms with van der Waals surface area (Å²) in [5.74, 6) is 0.595. The van der Waals surface area contributed by atoms with Crippen molar-refractivity contribution in [1.29, 1.82) is 0 Å². The van der Waals surface area contributed by atoms with Crippen molar-refractivity contribution in [3.05, 3.63) is 65.2 Å². The van der Waals surface area contributed by atoms with Gasteiger partial charge in [0.05, 0.1) is 17.1 Å². The second-order valence-electron chi connectivity index (χ2n) is 6.91. The fourth-order valence-corrected chi connectivity index (χ4v) is 3.56. The number of anilines is 1. The predicted molar refractivity (Wildman–Crippen MR) is 120 cm³/mol.